The molecule has 0 radical (unpaired) electrons. The van der Waals surface area contributed by atoms with Crippen LogP contribution in [0.1, 0.15) is 52.4 Å². The summed E-state index contributed by atoms with van der Waals surface area (Å²) in [6.45, 7) is 4.84. The van der Waals surface area contributed by atoms with Crippen LogP contribution in [-0.2, 0) is 9.53 Å². The van der Waals surface area contributed by atoms with Gasteiger partial charge >= 0.3 is 0 Å². The quantitative estimate of drug-likeness (QED) is 0.781. The van der Waals surface area contributed by atoms with Gasteiger partial charge in [0.1, 0.15) is 0 Å². The summed E-state index contributed by atoms with van der Waals surface area (Å²) < 4.78 is 5.48. The number of nitrogens with one attached hydrogen (secondary N) is 1. The van der Waals surface area contributed by atoms with Crippen LogP contribution in [-0.4, -0.2) is 29.1 Å². The van der Waals surface area contributed by atoms with Crippen LogP contribution in [0.2, 0.25) is 0 Å². The maximum atomic E-state index is 12.5. The smallest absolute Gasteiger partial charge is 0.226 e. The summed E-state index contributed by atoms with van der Waals surface area (Å²) in [5.74, 6) is 0.728. The topological polar surface area (TPSA) is 64.3 Å². The molecule has 2 aliphatic rings. The number of thiocarbonyl (C=S) groups is 1. The van der Waals surface area contributed by atoms with E-state index in [2.05, 4.69) is 12.2 Å². The fourth-order valence-electron chi connectivity index (χ4n) is 3.42. The van der Waals surface area contributed by atoms with Gasteiger partial charge in [0.25, 0.3) is 0 Å². The second-order valence-corrected chi connectivity index (χ2v) is 6.70. The van der Waals surface area contributed by atoms with Crippen LogP contribution in [0.15, 0.2) is 0 Å². The van der Waals surface area contributed by atoms with Crippen molar-refractivity contribution < 1.29 is 9.53 Å². The van der Waals surface area contributed by atoms with Crippen LogP contribution in [0.4, 0.5) is 0 Å². The van der Waals surface area contributed by atoms with Crippen molar-refractivity contribution in [2.45, 2.75) is 64.0 Å². The average molecular weight is 298 g/mol. The fraction of sp³-hybridized carbons (Fsp3) is 0.867. The summed E-state index contributed by atoms with van der Waals surface area (Å²) in [6, 6.07) is 0. The number of carbonyl (C=O) groups excluding carboxylic acids is 1. The Morgan fingerprint density at radius 1 is 1.40 bits per heavy atom. The lowest BCUT2D eigenvalue weighted by molar-refractivity contribution is -0.128. The molecule has 0 aromatic rings. The molecule has 1 saturated heterocycles. The number of nitrogens with two attached hydrogens (primary N) is 1. The predicted octanol–water partition coefficient (Wildman–Crippen LogP) is 2.15. The molecule has 3 N–H and O–H groups in total. The Kier molecular flexibility index (Phi) is 5.02. The minimum Gasteiger partial charge on any atom is -0.391 e. The van der Waals surface area contributed by atoms with Gasteiger partial charge in [0, 0.05) is 6.61 Å². The third-order valence-corrected chi connectivity index (χ3v) is 5.47. The third kappa shape index (κ3) is 3.14. The Hall–Kier alpha value is -0.680. The zero-order valence-electron chi connectivity index (χ0n) is 12.5. The molecular weight excluding hydrogens is 272 g/mol. The summed E-state index contributed by atoms with van der Waals surface area (Å²) in [4.78, 5) is 12.9. The Morgan fingerprint density at radius 3 is 2.50 bits per heavy atom. The van der Waals surface area contributed by atoms with Gasteiger partial charge in [-0.15, -0.1) is 0 Å². The second-order valence-electron chi connectivity index (χ2n) is 6.26. The van der Waals surface area contributed by atoms with E-state index in [1.165, 1.54) is 6.42 Å². The molecule has 2 unspecified atom stereocenters. The van der Waals surface area contributed by atoms with Crippen LogP contribution in [0.5, 0.6) is 0 Å². The highest BCUT2D eigenvalue weighted by molar-refractivity contribution is 7.80. The number of carbonyl (C=O) groups is 1. The number of hydrogen-bond acceptors (Lipinski definition) is 3. The molecule has 4 nitrogen and oxygen atoms in total. The first-order chi connectivity index (χ1) is 9.48. The highest BCUT2D eigenvalue weighted by Crippen LogP contribution is 2.35. The molecule has 0 aromatic carbocycles. The number of hydrogen-bond donors (Lipinski definition) is 2. The van der Waals surface area contributed by atoms with Gasteiger partial charge in [-0.2, -0.15) is 0 Å². The van der Waals surface area contributed by atoms with Gasteiger partial charge < -0.3 is 15.8 Å². The maximum absolute atomic E-state index is 12.5. The number of ether oxygens (including phenoxy) is 1. The van der Waals surface area contributed by atoms with E-state index >= 15 is 0 Å². The summed E-state index contributed by atoms with van der Waals surface area (Å²) in [5.41, 5.74) is 5.48. The summed E-state index contributed by atoms with van der Waals surface area (Å²) in [7, 11) is 0. The van der Waals surface area contributed by atoms with E-state index in [1.54, 1.807) is 0 Å². The van der Waals surface area contributed by atoms with Crippen LogP contribution >= 0.6 is 12.2 Å². The first-order valence-electron chi connectivity index (χ1n) is 7.72. The Morgan fingerprint density at radius 2 is 2.05 bits per heavy atom. The molecule has 5 heteroatoms. The van der Waals surface area contributed by atoms with E-state index in [-0.39, 0.29) is 17.9 Å². The molecular formula is C15H26N2O2S. The SMILES string of the molecule is CCC1CCC(NC(=O)C2CCOC2C)(C(N)=S)CC1. The van der Waals surface area contributed by atoms with Crippen molar-refractivity contribution in [3.63, 3.8) is 0 Å². The standard InChI is InChI=1S/C15H26N2O2S/c1-3-11-4-7-15(8-5-11,14(16)20)17-13(18)12-6-9-19-10(12)2/h10-12H,3-9H2,1-2H3,(H2,16,20)(H,17,18). The molecule has 1 aliphatic heterocycles. The van der Waals surface area contributed by atoms with Crippen molar-refractivity contribution in [3.05, 3.63) is 0 Å². The second kappa shape index (κ2) is 6.39. The van der Waals surface area contributed by atoms with Crippen molar-refractivity contribution in [3.8, 4) is 0 Å². The molecule has 0 aromatic heterocycles. The van der Waals surface area contributed by atoms with E-state index in [4.69, 9.17) is 22.7 Å². The monoisotopic (exact) mass is 298 g/mol. The van der Waals surface area contributed by atoms with E-state index in [0.717, 1.165) is 38.0 Å². The molecule has 1 heterocycles. The Bertz CT molecular complexity index is 378. The van der Waals surface area contributed by atoms with E-state index < -0.39 is 5.54 Å². The van der Waals surface area contributed by atoms with Crippen LogP contribution in [0, 0.1) is 11.8 Å². The van der Waals surface area contributed by atoms with Gasteiger partial charge in [0.2, 0.25) is 5.91 Å². The van der Waals surface area contributed by atoms with Crippen LogP contribution in [0.3, 0.4) is 0 Å². The Labute approximate surface area is 126 Å². The molecule has 1 saturated carbocycles. The van der Waals surface area contributed by atoms with Crippen molar-refractivity contribution in [2.75, 3.05) is 6.61 Å². The highest BCUT2D eigenvalue weighted by atomic mass is 32.1. The molecule has 1 aliphatic carbocycles. The lowest BCUT2D eigenvalue weighted by Gasteiger charge is -2.40. The zero-order chi connectivity index (χ0) is 14.8. The lowest BCUT2D eigenvalue weighted by Crippen LogP contribution is -2.59. The van der Waals surface area contributed by atoms with E-state index in [0.29, 0.717) is 11.6 Å². The minimum absolute atomic E-state index is 0.00891. The number of amides is 1. The van der Waals surface area contributed by atoms with Crippen LogP contribution in [0.25, 0.3) is 0 Å². The largest absolute Gasteiger partial charge is 0.391 e. The van der Waals surface area contributed by atoms with Crippen LogP contribution < -0.4 is 11.1 Å². The highest BCUT2D eigenvalue weighted by Gasteiger charge is 2.41. The lowest BCUT2D eigenvalue weighted by atomic mass is 9.75. The third-order valence-electron chi connectivity index (χ3n) is 5.08. The molecule has 0 bridgehead atoms. The normalized spacial score (nSPS) is 37.6. The Balaban J connectivity index is 2.03. The molecule has 114 valence electrons. The molecule has 1 amide bonds. The first-order valence-corrected chi connectivity index (χ1v) is 8.13. The molecule has 2 fully saturated rings. The summed E-state index contributed by atoms with van der Waals surface area (Å²) in [6.07, 6.45) is 5.89. The molecule has 0 spiro atoms. The average Bonchev–Trinajstić information content (AvgIpc) is 2.85. The zero-order valence-corrected chi connectivity index (χ0v) is 13.3. The molecule has 2 atom stereocenters. The fourth-order valence-corrected chi connectivity index (χ4v) is 3.67. The summed E-state index contributed by atoms with van der Waals surface area (Å²) in [5, 5.41) is 3.16. The van der Waals surface area contributed by atoms with Gasteiger partial charge in [0.05, 0.1) is 22.5 Å². The molecule has 20 heavy (non-hydrogen) atoms. The van der Waals surface area contributed by atoms with Crippen molar-refractivity contribution >= 4 is 23.1 Å². The van der Waals surface area contributed by atoms with E-state index in [9.17, 15) is 4.79 Å². The van der Waals surface area contributed by atoms with Gasteiger partial charge in [-0.3, -0.25) is 4.79 Å². The maximum Gasteiger partial charge on any atom is 0.226 e. The minimum atomic E-state index is -0.472. The number of rotatable bonds is 4. The van der Waals surface area contributed by atoms with Gasteiger partial charge in [-0.05, 0) is 44.9 Å². The first kappa shape index (κ1) is 15.7. The van der Waals surface area contributed by atoms with E-state index in [1.807, 2.05) is 6.92 Å². The molecule has 2 rings (SSSR count). The van der Waals surface area contributed by atoms with Crippen molar-refractivity contribution in [1.29, 1.82) is 0 Å². The summed E-state index contributed by atoms with van der Waals surface area (Å²) >= 11 is 5.26. The van der Waals surface area contributed by atoms with Crippen molar-refractivity contribution in [1.82, 2.24) is 5.32 Å². The van der Waals surface area contributed by atoms with Gasteiger partial charge in [0.15, 0.2) is 0 Å². The van der Waals surface area contributed by atoms with Gasteiger partial charge in [-0.1, -0.05) is 25.6 Å². The predicted molar refractivity (Wildman–Crippen MR) is 83.4 cm³/mol. The van der Waals surface area contributed by atoms with Gasteiger partial charge in [-0.25, -0.2) is 0 Å². The van der Waals surface area contributed by atoms with Crippen molar-refractivity contribution in [2.24, 2.45) is 17.6 Å².